The van der Waals surface area contributed by atoms with Gasteiger partial charge in [-0.15, -0.1) is 0 Å². The van der Waals surface area contributed by atoms with Crippen molar-refractivity contribution in [3.63, 3.8) is 0 Å². The van der Waals surface area contributed by atoms with Gasteiger partial charge in [0.05, 0.1) is 30.1 Å². The largest absolute Gasteiger partial charge is 0.438 e. The molecular formula is C24H28FN3O3. The Labute approximate surface area is 182 Å². The van der Waals surface area contributed by atoms with E-state index in [2.05, 4.69) is 0 Å². The SMILES string of the molecule is CCC(=O)N(CCOC)Cc1c(CC)nn(-c2ccccc2)c1Oc1cccc(F)c1. The Morgan fingerprint density at radius 3 is 2.55 bits per heavy atom. The van der Waals surface area contributed by atoms with Crippen LogP contribution >= 0.6 is 0 Å². The van der Waals surface area contributed by atoms with Crippen LogP contribution in [0.5, 0.6) is 11.6 Å². The Kier molecular flexibility index (Phi) is 7.78. The van der Waals surface area contributed by atoms with Crippen molar-refractivity contribution >= 4 is 5.91 Å². The molecule has 0 saturated carbocycles. The van der Waals surface area contributed by atoms with Crippen molar-refractivity contribution in [3.05, 3.63) is 71.7 Å². The average molecular weight is 426 g/mol. The number of nitrogens with zero attached hydrogens (tertiary/aromatic N) is 3. The normalized spacial score (nSPS) is 10.8. The van der Waals surface area contributed by atoms with Crippen molar-refractivity contribution in [2.24, 2.45) is 0 Å². The van der Waals surface area contributed by atoms with E-state index in [1.54, 1.807) is 28.8 Å². The molecule has 0 N–H and O–H groups in total. The molecule has 0 radical (unpaired) electrons. The number of halogens is 1. The fourth-order valence-electron chi connectivity index (χ4n) is 3.32. The summed E-state index contributed by atoms with van der Waals surface area (Å²) in [4.78, 5) is 14.3. The van der Waals surface area contributed by atoms with E-state index in [-0.39, 0.29) is 11.7 Å². The zero-order chi connectivity index (χ0) is 22.2. The molecule has 1 aromatic heterocycles. The molecule has 0 saturated heterocycles. The van der Waals surface area contributed by atoms with Gasteiger partial charge in [0.15, 0.2) is 0 Å². The number of aromatic nitrogens is 2. The summed E-state index contributed by atoms with van der Waals surface area (Å²) in [7, 11) is 1.61. The van der Waals surface area contributed by atoms with Crippen LogP contribution in [0, 0.1) is 5.82 Å². The molecule has 3 rings (SSSR count). The third-order valence-corrected chi connectivity index (χ3v) is 4.94. The van der Waals surface area contributed by atoms with Gasteiger partial charge < -0.3 is 14.4 Å². The third kappa shape index (κ3) is 5.49. The Morgan fingerprint density at radius 1 is 1.13 bits per heavy atom. The highest BCUT2D eigenvalue weighted by atomic mass is 19.1. The summed E-state index contributed by atoms with van der Waals surface area (Å²) in [6.45, 7) is 5.06. The zero-order valence-corrected chi connectivity index (χ0v) is 18.2. The lowest BCUT2D eigenvalue weighted by Gasteiger charge is -2.22. The average Bonchev–Trinajstić information content (AvgIpc) is 3.13. The van der Waals surface area contributed by atoms with Gasteiger partial charge in [0.25, 0.3) is 0 Å². The number of rotatable bonds is 10. The maximum absolute atomic E-state index is 13.8. The van der Waals surface area contributed by atoms with Crippen LogP contribution in [0.1, 0.15) is 31.5 Å². The van der Waals surface area contributed by atoms with Gasteiger partial charge in [-0.1, -0.05) is 38.1 Å². The molecule has 164 valence electrons. The summed E-state index contributed by atoms with van der Waals surface area (Å²) in [6, 6.07) is 15.6. The number of methoxy groups -OCH3 is 1. The Morgan fingerprint density at radius 2 is 1.90 bits per heavy atom. The second-order valence-electron chi connectivity index (χ2n) is 7.05. The van der Waals surface area contributed by atoms with E-state index in [4.69, 9.17) is 14.6 Å². The molecule has 3 aromatic rings. The van der Waals surface area contributed by atoms with Crippen LogP contribution in [-0.4, -0.2) is 40.8 Å². The van der Waals surface area contributed by atoms with Crippen LogP contribution in [0.4, 0.5) is 4.39 Å². The molecule has 2 aromatic carbocycles. The highest BCUT2D eigenvalue weighted by Gasteiger charge is 2.24. The first-order valence-corrected chi connectivity index (χ1v) is 10.4. The number of para-hydroxylation sites is 1. The smallest absolute Gasteiger partial charge is 0.227 e. The highest BCUT2D eigenvalue weighted by Crippen LogP contribution is 2.32. The minimum absolute atomic E-state index is 0.0169. The van der Waals surface area contributed by atoms with Crippen LogP contribution in [-0.2, 0) is 22.5 Å². The standard InChI is InChI=1S/C24H28FN3O3/c1-4-22-21(17-27(14-15-30-3)23(29)5-2)24(31-20-13-9-10-18(25)16-20)28(26-22)19-11-7-6-8-12-19/h6-13,16H,4-5,14-15,17H2,1-3H3. The topological polar surface area (TPSA) is 56.6 Å². The first-order valence-electron chi connectivity index (χ1n) is 10.4. The lowest BCUT2D eigenvalue weighted by atomic mass is 10.1. The van der Waals surface area contributed by atoms with E-state index in [9.17, 15) is 9.18 Å². The number of amides is 1. The van der Waals surface area contributed by atoms with Crippen LogP contribution in [0.2, 0.25) is 0 Å². The van der Waals surface area contributed by atoms with Crippen LogP contribution in [0.3, 0.4) is 0 Å². The summed E-state index contributed by atoms with van der Waals surface area (Å²) in [5, 5.41) is 4.76. The number of benzene rings is 2. The lowest BCUT2D eigenvalue weighted by molar-refractivity contribution is -0.132. The minimum Gasteiger partial charge on any atom is -0.438 e. The van der Waals surface area contributed by atoms with Gasteiger partial charge in [0.2, 0.25) is 11.8 Å². The lowest BCUT2D eigenvalue weighted by Crippen LogP contribution is -2.33. The monoisotopic (exact) mass is 425 g/mol. The molecule has 0 unspecified atom stereocenters. The van der Waals surface area contributed by atoms with Crippen molar-refractivity contribution in [3.8, 4) is 17.3 Å². The molecule has 0 fully saturated rings. The van der Waals surface area contributed by atoms with Gasteiger partial charge in [0.1, 0.15) is 11.6 Å². The summed E-state index contributed by atoms with van der Waals surface area (Å²) >= 11 is 0. The van der Waals surface area contributed by atoms with Gasteiger partial charge in [-0.05, 0) is 30.7 Å². The maximum atomic E-state index is 13.8. The van der Waals surface area contributed by atoms with Gasteiger partial charge in [-0.2, -0.15) is 5.10 Å². The van der Waals surface area contributed by atoms with E-state index in [1.165, 1.54) is 12.1 Å². The molecule has 0 aliphatic heterocycles. The Balaban J connectivity index is 2.09. The van der Waals surface area contributed by atoms with Crippen molar-refractivity contribution < 1.29 is 18.7 Å². The number of hydrogen-bond acceptors (Lipinski definition) is 4. The number of carbonyl (C=O) groups is 1. The van der Waals surface area contributed by atoms with E-state index >= 15 is 0 Å². The van der Waals surface area contributed by atoms with Crippen LogP contribution in [0.25, 0.3) is 5.69 Å². The van der Waals surface area contributed by atoms with Gasteiger partial charge in [0, 0.05) is 26.1 Å². The van der Waals surface area contributed by atoms with Crippen LogP contribution in [0.15, 0.2) is 54.6 Å². The molecule has 6 nitrogen and oxygen atoms in total. The summed E-state index contributed by atoms with van der Waals surface area (Å²) in [5.41, 5.74) is 2.44. The zero-order valence-electron chi connectivity index (χ0n) is 18.2. The quantitative estimate of drug-likeness (QED) is 0.470. The van der Waals surface area contributed by atoms with Crippen LogP contribution < -0.4 is 4.74 Å². The molecule has 1 amide bonds. The number of hydrogen-bond donors (Lipinski definition) is 0. The predicted molar refractivity (Wildman–Crippen MR) is 117 cm³/mol. The van der Waals surface area contributed by atoms with E-state index in [1.807, 2.05) is 44.2 Å². The fourth-order valence-corrected chi connectivity index (χ4v) is 3.32. The second kappa shape index (κ2) is 10.7. The van der Waals surface area contributed by atoms with Gasteiger partial charge in [-0.25, -0.2) is 9.07 Å². The fraction of sp³-hybridized carbons (Fsp3) is 0.333. The third-order valence-electron chi connectivity index (χ3n) is 4.94. The molecule has 7 heteroatoms. The summed E-state index contributed by atoms with van der Waals surface area (Å²) in [5.74, 6) is 0.470. The second-order valence-corrected chi connectivity index (χ2v) is 7.05. The maximum Gasteiger partial charge on any atom is 0.227 e. The minimum atomic E-state index is -0.386. The molecule has 0 atom stereocenters. The number of aryl methyl sites for hydroxylation is 1. The highest BCUT2D eigenvalue weighted by molar-refractivity contribution is 5.76. The summed E-state index contributed by atoms with van der Waals surface area (Å²) in [6.07, 6.45) is 1.05. The van der Waals surface area contributed by atoms with E-state index in [0.717, 1.165) is 16.9 Å². The molecular weight excluding hydrogens is 397 g/mol. The first-order chi connectivity index (χ1) is 15.1. The molecule has 1 heterocycles. The molecule has 0 spiro atoms. The van der Waals surface area contributed by atoms with Crippen molar-refractivity contribution in [2.45, 2.75) is 33.2 Å². The van der Waals surface area contributed by atoms with E-state index < -0.39 is 0 Å². The Bertz CT molecular complexity index is 1000. The number of ether oxygens (including phenoxy) is 2. The Hall–Kier alpha value is -3.19. The first kappa shape index (κ1) is 22.5. The van der Waals surface area contributed by atoms with Crippen molar-refractivity contribution in [1.29, 1.82) is 0 Å². The van der Waals surface area contributed by atoms with Gasteiger partial charge >= 0.3 is 0 Å². The molecule has 0 aliphatic rings. The van der Waals surface area contributed by atoms with Crippen molar-refractivity contribution in [2.75, 3.05) is 20.3 Å². The number of carbonyl (C=O) groups excluding carboxylic acids is 1. The predicted octanol–water partition coefficient (Wildman–Crippen LogP) is 4.75. The molecule has 0 bridgehead atoms. The van der Waals surface area contributed by atoms with Gasteiger partial charge in [-0.3, -0.25) is 4.79 Å². The van der Waals surface area contributed by atoms with Crippen molar-refractivity contribution in [1.82, 2.24) is 14.7 Å². The van der Waals surface area contributed by atoms with E-state index in [0.29, 0.717) is 44.2 Å². The molecule has 0 aliphatic carbocycles. The summed E-state index contributed by atoms with van der Waals surface area (Å²) < 4.78 is 26.9. The molecule has 31 heavy (non-hydrogen) atoms.